The zero-order chi connectivity index (χ0) is 19.8. The van der Waals surface area contributed by atoms with Crippen LogP contribution in [0.15, 0.2) is 24.5 Å². The first-order valence-corrected chi connectivity index (χ1v) is 11.6. The van der Waals surface area contributed by atoms with Gasteiger partial charge in [0.2, 0.25) is 0 Å². The molecule has 3 aromatic rings. The Balaban J connectivity index is 1.62. The SMILES string of the molecule is C[C@@H]1COCCN1c1nc(-c2ccnc3[nH]ccc23)nc2c1CS(=O)(=O)C21CC1. The summed E-state index contributed by atoms with van der Waals surface area (Å²) in [7, 11) is -3.26. The first-order chi connectivity index (χ1) is 14.0. The van der Waals surface area contributed by atoms with Crippen molar-refractivity contribution < 1.29 is 13.2 Å². The van der Waals surface area contributed by atoms with Crippen LogP contribution < -0.4 is 4.90 Å². The van der Waals surface area contributed by atoms with E-state index in [1.165, 1.54) is 0 Å². The number of sulfone groups is 1. The summed E-state index contributed by atoms with van der Waals surface area (Å²) in [5.41, 5.74) is 3.11. The number of hydrogen-bond donors (Lipinski definition) is 1. The Hall–Kier alpha value is -2.52. The smallest absolute Gasteiger partial charge is 0.166 e. The fourth-order valence-electron chi connectivity index (χ4n) is 4.67. The topological polar surface area (TPSA) is 101 Å². The molecule has 1 spiro atoms. The number of rotatable bonds is 2. The third-order valence-corrected chi connectivity index (χ3v) is 8.85. The minimum Gasteiger partial charge on any atom is -0.377 e. The molecule has 29 heavy (non-hydrogen) atoms. The molecule has 9 heteroatoms. The number of aromatic nitrogens is 4. The van der Waals surface area contributed by atoms with Crippen molar-refractivity contribution in [3.63, 3.8) is 0 Å². The third-order valence-electron chi connectivity index (χ3n) is 6.39. The van der Waals surface area contributed by atoms with Crippen molar-refractivity contribution in [2.45, 2.75) is 36.3 Å². The number of anilines is 1. The number of pyridine rings is 1. The lowest BCUT2D eigenvalue weighted by Gasteiger charge is -2.35. The summed E-state index contributed by atoms with van der Waals surface area (Å²) in [6.07, 6.45) is 4.86. The molecule has 2 aliphatic heterocycles. The van der Waals surface area contributed by atoms with Crippen LogP contribution in [0.5, 0.6) is 0 Å². The van der Waals surface area contributed by atoms with Crippen molar-refractivity contribution in [3.8, 4) is 11.4 Å². The van der Waals surface area contributed by atoms with Crippen molar-refractivity contribution in [2.75, 3.05) is 24.7 Å². The average molecular weight is 411 g/mol. The number of nitrogens with one attached hydrogen (secondary N) is 1. The fraction of sp³-hybridized carbons (Fsp3) is 0.450. The molecule has 8 nitrogen and oxygen atoms in total. The van der Waals surface area contributed by atoms with Crippen molar-refractivity contribution >= 4 is 26.7 Å². The fourth-order valence-corrected chi connectivity index (χ4v) is 6.78. The second-order valence-electron chi connectivity index (χ2n) is 8.17. The maximum Gasteiger partial charge on any atom is 0.166 e. The number of ether oxygens (including phenoxy) is 1. The predicted octanol–water partition coefficient (Wildman–Crippen LogP) is 2.16. The van der Waals surface area contributed by atoms with Crippen LogP contribution in [0.3, 0.4) is 0 Å². The van der Waals surface area contributed by atoms with E-state index < -0.39 is 14.6 Å². The summed E-state index contributed by atoms with van der Waals surface area (Å²) in [5, 5.41) is 0.930. The van der Waals surface area contributed by atoms with Gasteiger partial charge >= 0.3 is 0 Å². The quantitative estimate of drug-likeness (QED) is 0.689. The lowest BCUT2D eigenvalue weighted by molar-refractivity contribution is 0.0984. The van der Waals surface area contributed by atoms with Gasteiger partial charge in [-0.25, -0.2) is 23.4 Å². The second-order valence-corrected chi connectivity index (χ2v) is 10.5. The molecule has 3 aromatic heterocycles. The highest BCUT2D eigenvalue weighted by Crippen LogP contribution is 2.59. The molecule has 0 unspecified atom stereocenters. The van der Waals surface area contributed by atoms with Crippen LogP contribution in [0.25, 0.3) is 22.4 Å². The van der Waals surface area contributed by atoms with Crippen LogP contribution in [-0.4, -0.2) is 54.2 Å². The maximum atomic E-state index is 13.0. The van der Waals surface area contributed by atoms with Gasteiger partial charge in [-0.15, -0.1) is 0 Å². The number of morpholine rings is 1. The number of aromatic amines is 1. The van der Waals surface area contributed by atoms with Crippen LogP contribution in [0.1, 0.15) is 31.0 Å². The average Bonchev–Trinajstić information content (AvgIpc) is 3.33. The standard InChI is InChI=1S/C20H21N5O3S/c1-12-10-28-9-8-25(12)19-15-11-29(26,27)20(4-5-20)16(15)23-18(24-19)14-3-7-22-17-13(14)2-6-21-17/h2-3,6-7,12H,4-5,8-11H2,1H3,(H,21,22)/t12-/m1/s1. The summed E-state index contributed by atoms with van der Waals surface area (Å²) in [5.74, 6) is 1.33. The zero-order valence-corrected chi connectivity index (χ0v) is 16.9. The number of H-pyrrole nitrogens is 1. The minimum atomic E-state index is -3.26. The van der Waals surface area contributed by atoms with E-state index in [-0.39, 0.29) is 11.8 Å². The van der Waals surface area contributed by atoms with E-state index in [9.17, 15) is 8.42 Å². The van der Waals surface area contributed by atoms with Crippen LogP contribution in [0.2, 0.25) is 0 Å². The molecule has 0 amide bonds. The highest BCUT2D eigenvalue weighted by atomic mass is 32.2. The zero-order valence-electron chi connectivity index (χ0n) is 16.1. The van der Waals surface area contributed by atoms with Gasteiger partial charge in [0.25, 0.3) is 0 Å². The molecular formula is C20H21N5O3S. The molecule has 1 aliphatic carbocycles. The van der Waals surface area contributed by atoms with Gasteiger partial charge in [-0.3, -0.25) is 0 Å². The Morgan fingerprint density at radius 3 is 2.93 bits per heavy atom. The van der Waals surface area contributed by atoms with E-state index >= 15 is 0 Å². The third kappa shape index (κ3) is 2.34. The predicted molar refractivity (Wildman–Crippen MR) is 108 cm³/mol. The Kier molecular flexibility index (Phi) is 3.45. The summed E-state index contributed by atoms with van der Waals surface area (Å²) in [4.78, 5) is 19.4. The summed E-state index contributed by atoms with van der Waals surface area (Å²) < 4.78 is 30.8. The van der Waals surface area contributed by atoms with Gasteiger partial charge in [0, 0.05) is 35.5 Å². The van der Waals surface area contributed by atoms with Gasteiger partial charge in [0.15, 0.2) is 15.7 Å². The molecule has 3 aliphatic rings. The molecule has 6 rings (SSSR count). The van der Waals surface area contributed by atoms with Gasteiger partial charge in [0.05, 0.1) is 30.7 Å². The summed E-state index contributed by atoms with van der Waals surface area (Å²) >= 11 is 0. The van der Waals surface area contributed by atoms with E-state index in [1.54, 1.807) is 6.20 Å². The molecular weight excluding hydrogens is 390 g/mol. The van der Waals surface area contributed by atoms with Crippen molar-refractivity contribution in [1.29, 1.82) is 0 Å². The van der Waals surface area contributed by atoms with E-state index in [0.717, 1.165) is 28.0 Å². The molecule has 0 aromatic carbocycles. The van der Waals surface area contributed by atoms with Crippen LogP contribution in [0, 0.1) is 0 Å². The van der Waals surface area contributed by atoms with Crippen LogP contribution in [-0.2, 0) is 25.1 Å². The molecule has 2 fully saturated rings. The molecule has 1 saturated carbocycles. The lowest BCUT2D eigenvalue weighted by atomic mass is 10.1. The van der Waals surface area contributed by atoms with E-state index in [2.05, 4.69) is 21.8 Å². The minimum absolute atomic E-state index is 0.0257. The Morgan fingerprint density at radius 2 is 2.14 bits per heavy atom. The highest BCUT2D eigenvalue weighted by Gasteiger charge is 2.62. The summed E-state index contributed by atoms with van der Waals surface area (Å²) in [6, 6.07) is 3.97. The Morgan fingerprint density at radius 1 is 1.28 bits per heavy atom. The van der Waals surface area contributed by atoms with Gasteiger partial charge in [0.1, 0.15) is 16.2 Å². The van der Waals surface area contributed by atoms with Gasteiger partial charge in [-0.2, -0.15) is 0 Å². The molecule has 0 bridgehead atoms. The van der Waals surface area contributed by atoms with Crippen LogP contribution in [0.4, 0.5) is 5.82 Å². The number of fused-ring (bicyclic) bond motifs is 3. The molecule has 1 saturated heterocycles. The molecule has 1 N–H and O–H groups in total. The number of nitrogens with zero attached hydrogens (tertiary/aromatic N) is 4. The van der Waals surface area contributed by atoms with Gasteiger partial charge in [-0.05, 0) is 31.9 Å². The second kappa shape index (κ2) is 5.76. The molecule has 1 atom stereocenters. The largest absolute Gasteiger partial charge is 0.377 e. The summed E-state index contributed by atoms with van der Waals surface area (Å²) in [6.45, 7) is 3.98. The molecule has 0 radical (unpaired) electrons. The van der Waals surface area contributed by atoms with E-state index in [0.29, 0.717) is 44.1 Å². The van der Waals surface area contributed by atoms with Gasteiger partial charge < -0.3 is 14.6 Å². The normalized spacial score (nSPS) is 24.2. The van der Waals surface area contributed by atoms with Crippen molar-refractivity contribution in [3.05, 3.63) is 35.8 Å². The first kappa shape index (κ1) is 17.3. The number of hydrogen-bond acceptors (Lipinski definition) is 7. The van der Waals surface area contributed by atoms with Crippen LogP contribution >= 0.6 is 0 Å². The highest BCUT2D eigenvalue weighted by molar-refractivity contribution is 7.92. The van der Waals surface area contributed by atoms with Gasteiger partial charge in [-0.1, -0.05) is 0 Å². The van der Waals surface area contributed by atoms with Crippen molar-refractivity contribution in [1.82, 2.24) is 19.9 Å². The monoisotopic (exact) mass is 411 g/mol. The Bertz CT molecular complexity index is 1250. The molecule has 5 heterocycles. The Labute approximate surface area is 168 Å². The first-order valence-electron chi connectivity index (χ1n) is 9.91. The lowest BCUT2D eigenvalue weighted by Crippen LogP contribution is -2.44. The molecule has 150 valence electrons. The van der Waals surface area contributed by atoms with Crippen molar-refractivity contribution in [2.24, 2.45) is 0 Å². The van der Waals surface area contributed by atoms with E-state index in [1.807, 2.05) is 18.3 Å². The maximum absolute atomic E-state index is 13.0. The van der Waals surface area contributed by atoms with E-state index in [4.69, 9.17) is 14.7 Å².